The summed E-state index contributed by atoms with van der Waals surface area (Å²) in [6, 6.07) is 17.0. The molecule has 1 aromatic carbocycles. The molecule has 210 valence electrons. The fraction of sp³-hybridized carbons (Fsp3) is 0.345. The van der Waals surface area contributed by atoms with Crippen LogP contribution in [0.3, 0.4) is 0 Å². The number of nitrogens with one attached hydrogen (secondary N) is 1. The number of aromatic nitrogens is 4. The molecule has 10 nitrogen and oxygen atoms in total. The minimum atomic E-state index is -3.84. The van der Waals surface area contributed by atoms with Crippen molar-refractivity contribution in [3.63, 3.8) is 0 Å². The monoisotopic (exact) mass is 573 g/mol. The highest BCUT2D eigenvalue weighted by atomic mass is 32.2. The van der Waals surface area contributed by atoms with E-state index in [9.17, 15) is 22.9 Å². The number of anilines is 1. The molecule has 1 N–H and O–H groups in total. The molecule has 0 atom stereocenters. The quantitative estimate of drug-likeness (QED) is 0.364. The SMILES string of the molecule is CS(=O)(=O)NC(=O)c1cc(-c2ccc(N3CCC(C#N)CC3)nc2)c2c(n1)n(-c1ccccc1)nc2[C@H]1C[C@@H](F)C1. The number of nitriles is 1. The zero-order chi connectivity index (χ0) is 28.7. The molecule has 1 aliphatic carbocycles. The number of rotatable bonds is 6. The van der Waals surface area contributed by atoms with Crippen LogP contribution in [0.2, 0.25) is 0 Å². The van der Waals surface area contributed by atoms with Crippen molar-refractivity contribution >= 4 is 32.8 Å². The van der Waals surface area contributed by atoms with Crippen molar-refractivity contribution in [2.75, 3.05) is 24.2 Å². The highest BCUT2D eigenvalue weighted by Crippen LogP contribution is 2.44. The van der Waals surface area contributed by atoms with Crippen LogP contribution in [0.25, 0.3) is 27.8 Å². The summed E-state index contributed by atoms with van der Waals surface area (Å²) in [5.41, 5.74) is 2.95. The lowest BCUT2D eigenvalue weighted by molar-refractivity contribution is 0.0977. The van der Waals surface area contributed by atoms with Gasteiger partial charge in [0, 0.05) is 36.7 Å². The van der Waals surface area contributed by atoms with Gasteiger partial charge >= 0.3 is 0 Å². The van der Waals surface area contributed by atoms with E-state index in [1.54, 1.807) is 16.9 Å². The largest absolute Gasteiger partial charge is 0.357 e. The van der Waals surface area contributed by atoms with Crippen molar-refractivity contribution in [3.8, 4) is 22.9 Å². The third-order valence-electron chi connectivity index (χ3n) is 7.70. The van der Waals surface area contributed by atoms with E-state index < -0.39 is 22.1 Å². The van der Waals surface area contributed by atoms with Crippen LogP contribution in [-0.2, 0) is 10.0 Å². The van der Waals surface area contributed by atoms with Crippen molar-refractivity contribution in [2.45, 2.75) is 37.8 Å². The minimum Gasteiger partial charge on any atom is -0.357 e. The second-order valence-electron chi connectivity index (χ2n) is 10.7. The first-order chi connectivity index (χ1) is 19.7. The molecule has 0 unspecified atom stereocenters. The number of benzene rings is 1. The van der Waals surface area contributed by atoms with Gasteiger partial charge in [-0.15, -0.1) is 0 Å². The van der Waals surface area contributed by atoms with Crippen LogP contribution < -0.4 is 9.62 Å². The average molecular weight is 574 g/mol. The smallest absolute Gasteiger partial charge is 0.283 e. The van der Waals surface area contributed by atoms with Crippen LogP contribution in [0.4, 0.5) is 10.2 Å². The molecule has 3 aromatic heterocycles. The molecule has 2 fully saturated rings. The van der Waals surface area contributed by atoms with Gasteiger partial charge in [0.25, 0.3) is 5.91 Å². The topological polar surface area (TPSA) is 134 Å². The van der Waals surface area contributed by atoms with Gasteiger partial charge in [0.1, 0.15) is 17.7 Å². The van der Waals surface area contributed by atoms with Crippen molar-refractivity contribution in [1.82, 2.24) is 24.5 Å². The predicted octanol–water partition coefficient (Wildman–Crippen LogP) is 4.13. The Morgan fingerprint density at radius 3 is 2.46 bits per heavy atom. The molecule has 4 heterocycles. The van der Waals surface area contributed by atoms with Gasteiger partial charge in [0.15, 0.2) is 5.65 Å². The number of hydrogen-bond donors (Lipinski definition) is 1. The van der Waals surface area contributed by atoms with E-state index in [1.165, 1.54) is 0 Å². The molecule has 1 saturated carbocycles. The number of fused-ring (bicyclic) bond motifs is 1. The third-order valence-corrected chi connectivity index (χ3v) is 8.26. The maximum atomic E-state index is 14.0. The van der Waals surface area contributed by atoms with Gasteiger partial charge in [0.05, 0.1) is 29.1 Å². The lowest BCUT2D eigenvalue weighted by Crippen LogP contribution is -2.33. The molecule has 6 rings (SSSR count). The van der Waals surface area contributed by atoms with Crippen LogP contribution in [-0.4, -0.2) is 59.6 Å². The number of sulfonamides is 1. The fourth-order valence-corrected chi connectivity index (χ4v) is 5.93. The normalized spacial score (nSPS) is 19.5. The van der Waals surface area contributed by atoms with Crippen molar-refractivity contribution in [1.29, 1.82) is 5.26 Å². The zero-order valence-corrected chi connectivity index (χ0v) is 23.2. The first kappa shape index (κ1) is 26.8. The number of pyridine rings is 2. The summed E-state index contributed by atoms with van der Waals surface area (Å²) in [5.74, 6) is -0.148. The van der Waals surface area contributed by atoms with Gasteiger partial charge in [-0.25, -0.2) is 32.2 Å². The molecule has 1 saturated heterocycles. The summed E-state index contributed by atoms with van der Waals surface area (Å²) >= 11 is 0. The number of amides is 1. The van der Waals surface area contributed by atoms with Crippen molar-refractivity contribution < 1.29 is 17.6 Å². The van der Waals surface area contributed by atoms with Crippen LogP contribution >= 0.6 is 0 Å². The number of nitrogens with zero attached hydrogens (tertiary/aromatic N) is 6. The first-order valence-electron chi connectivity index (χ1n) is 13.5. The Kier molecular flexibility index (Phi) is 6.91. The Labute approximate surface area is 236 Å². The van der Waals surface area contributed by atoms with Gasteiger partial charge in [-0.2, -0.15) is 10.4 Å². The minimum absolute atomic E-state index is 0.0575. The summed E-state index contributed by atoms with van der Waals surface area (Å²) in [7, 11) is -3.84. The van der Waals surface area contributed by atoms with E-state index in [0.717, 1.165) is 38.0 Å². The fourth-order valence-electron chi connectivity index (χ4n) is 5.48. The number of piperidine rings is 1. The van der Waals surface area contributed by atoms with Crippen LogP contribution in [0, 0.1) is 17.2 Å². The third kappa shape index (κ3) is 5.37. The van der Waals surface area contributed by atoms with E-state index in [-0.39, 0.29) is 17.5 Å². The Morgan fingerprint density at radius 1 is 1.12 bits per heavy atom. The Hall–Kier alpha value is -4.37. The Bertz CT molecular complexity index is 1750. The molecule has 4 aromatic rings. The predicted molar refractivity (Wildman–Crippen MR) is 152 cm³/mol. The Balaban J connectivity index is 1.50. The van der Waals surface area contributed by atoms with Crippen molar-refractivity contribution in [2.24, 2.45) is 5.92 Å². The van der Waals surface area contributed by atoms with Gasteiger partial charge in [0.2, 0.25) is 10.0 Å². The van der Waals surface area contributed by atoms with Crippen LogP contribution in [0.5, 0.6) is 0 Å². The molecular formula is C29H28FN7O3S. The van der Waals surface area contributed by atoms with Crippen LogP contribution in [0.15, 0.2) is 54.7 Å². The lowest BCUT2D eigenvalue weighted by atomic mass is 9.79. The second kappa shape index (κ2) is 10.6. The highest BCUT2D eigenvalue weighted by molar-refractivity contribution is 7.89. The summed E-state index contributed by atoms with van der Waals surface area (Å²) in [6.45, 7) is 1.47. The molecule has 41 heavy (non-hydrogen) atoms. The maximum absolute atomic E-state index is 14.0. The second-order valence-corrected chi connectivity index (χ2v) is 12.4. The van der Waals surface area contributed by atoms with E-state index in [2.05, 4.69) is 16.0 Å². The van der Waals surface area contributed by atoms with E-state index in [1.807, 2.05) is 47.2 Å². The molecule has 0 spiro atoms. The Morgan fingerprint density at radius 2 is 1.85 bits per heavy atom. The number of alkyl halides is 1. The number of hydrogen-bond acceptors (Lipinski definition) is 8. The zero-order valence-electron chi connectivity index (χ0n) is 22.4. The maximum Gasteiger partial charge on any atom is 0.283 e. The molecule has 1 aliphatic heterocycles. The van der Waals surface area contributed by atoms with Gasteiger partial charge in [-0.05, 0) is 61.6 Å². The summed E-state index contributed by atoms with van der Waals surface area (Å²) < 4.78 is 41.4. The summed E-state index contributed by atoms with van der Waals surface area (Å²) in [4.78, 5) is 24.4. The molecule has 2 aliphatic rings. The summed E-state index contributed by atoms with van der Waals surface area (Å²) in [5, 5.41) is 14.8. The van der Waals surface area contributed by atoms with Crippen molar-refractivity contribution in [3.05, 3.63) is 66.1 Å². The number of carbonyl (C=O) groups is 1. The molecule has 0 radical (unpaired) electrons. The highest BCUT2D eigenvalue weighted by Gasteiger charge is 2.35. The summed E-state index contributed by atoms with van der Waals surface area (Å²) in [6.07, 6.45) is 3.95. The first-order valence-corrected chi connectivity index (χ1v) is 15.4. The number of para-hydroxylation sites is 1. The van der Waals surface area contributed by atoms with E-state index >= 15 is 0 Å². The molecule has 12 heteroatoms. The standard InChI is InChI=1S/C29H28FN7O3S/c1-41(39,40)35-29(38)24-15-23(19-7-8-25(32-17-19)36-11-9-18(16-31)10-12-36)26-27(20-13-21(30)14-20)34-37(28(26)33-24)22-5-3-2-4-6-22/h2-8,15,17-18,20-21H,9-14H2,1H3,(H,35,38)/t20-,21+. The molecule has 1 amide bonds. The van der Waals surface area contributed by atoms with E-state index in [0.29, 0.717) is 46.4 Å². The number of carbonyl (C=O) groups excluding carboxylic acids is 1. The van der Waals surface area contributed by atoms with Gasteiger partial charge in [-0.3, -0.25) is 4.79 Å². The number of halogens is 1. The molecule has 0 bridgehead atoms. The van der Waals surface area contributed by atoms with Gasteiger partial charge < -0.3 is 4.90 Å². The average Bonchev–Trinajstić information content (AvgIpc) is 3.34. The van der Waals surface area contributed by atoms with Gasteiger partial charge in [-0.1, -0.05) is 18.2 Å². The molecular weight excluding hydrogens is 545 g/mol. The van der Waals surface area contributed by atoms with Crippen LogP contribution in [0.1, 0.15) is 47.8 Å². The van der Waals surface area contributed by atoms with E-state index in [4.69, 9.17) is 10.1 Å². The lowest BCUT2D eigenvalue weighted by Gasteiger charge is -2.30.